The van der Waals surface area contributed by atoms with E-state index in [0.717, 1.165) is 22.6 Å². The first-order valence-electron chi connectivity index (χ1n) is 8.31. The summed E-state index contributed by atoms with van der Waals surface area (Å²) in [6.45, 7) is 4.57. The summed E-state index contributed by atoms with van der Waals surface area (Å²) in [6.07, 6.45) is 0. The van der Waals surface area contributed by atoms with Crippen molar-refractivity contribution >= 4 is 16.9 Å². The molecule has 0 saturated carbocycles. The Morgan fingerprint density at radius 2 is 2.00 bits per heavy atom. The summed E-state index contributed by atoms with van der Waals surface area (Å²) < 4.78 is 12.8. The SMILES string of the molecule is Cc1ccc(CNC(=O)c2cc(Cn3c(C)nc4ccccc43)on2)o1. The lowest BCUT2D eigenvalue weighted by Gasteiger charge is -2.03. The topological polar surface area (TPSA) is 86.1 Å². The molecule has 7 heteroatoms. The summed E-state index contributed by atoms with van der Waals surface area (Å²) in [6, 6.07) is 13.2. The van der Waals surface area contributed by atoms with Gasteiger partial charge in [-0.15, -0.1) is 0 Å². The average molecular weight is 350 g/mol. The van der Waals surface area contributed by atoms with E-state index in [1.165, 1.54) is 0 Å². The Morgan fingerprint density at radius 1 is 1.15 bits per heavy atom. The highest BCUT2D eigenvalue weighted by atomic mass is 16.5. The molecule has 0 aliphatic rings. The Morgan fingerprint density at radius 3 is 2.81 bits per heavy atom. The van der Waals surface area contributed by atoms with Crippen molar-refractivity contribution in [3.05, 3.63) is 71.3 Å². The van der Waals surface area contributed by atoms with Gasteiger partial charge < -0.3 is 18.8 Å². The largest absolute Gasteiger partial charge is 0.465 e. The molecule has 4 aromatic rings. The third kappa shape index (κ3) is 3.11. The second-order valence-electron chi connectivity index (χ2n) is 6.11. The summed E-state index contributed by atoms with van der Waals surface area (Å²) in [4.78, 5) is 16.8. The number of furan rings is 1. The van der Waals surface area contributed by atoms with Crippen molar-refractivity contribution in [2.45, 2.75) is 26.9 Å². The lowest BCUT2D eigenvalue weighted by atomic mass is 10.3. The number of hydrogen-bond donors (Lipinski definition) is 1. The lowest BCUT2D eigenvalue weighted by molar-refractivity contribution is 0.0938. The first-order chi connectivity index (χ1) is 12.6. The van der Waals surface area contributed by atoms with Gasteiger partial charge in [-0.3, -0.25) is 4.79 Å². The van der Waals surface area contributed by atoms with Crippen LogP contribution in [0, 0.1) is 13.8 Å². The van der Waals surface area contributed by atoms with E-state index in [1.54, 1.807) is 6.07 Å². The normalized spacial score (nSPS) is 11.2. The monoisotopic (exact) mass is 350 g/mol. The van der Waals surface area contributed by atoms with Crippen LogP contribution in [-0.4, -0.2) is 20.6 Å². The minimum Gasteiger partial charge on any atom is -0.465 e. The van der Waals surface area contributed by atoms with Crippen molar-refractivity contribution < 1.29 is 13.7 Å². The van der Waals surface area contributed by atoms with E-state index in [0.29, 0.717) is 24.6 Å². The highest BCUT2D eigenvalue weighted by Crippen LogP contribution is 2.18. The van der Waals surface area contributed by atoms with Crippen molar-refractivity contribution in [3.8, 4) is 0 Å². The molecule has 1 aromatic carbocycles. The molecule has 0 aliphatic carbocycles. The molecule has 1 amide bonds. The molecule has 0 atom stereocenters. The van der Waals surface area contributed by atoms with Gasteiger partial charge >= 0.3 is 0 Å². The minimum atomic E-state index is -0.304. The maximum absolute atomic E-state index is 12.2. The number of hydrogen-bond acceptors (Lipinski definition) is 5. The number of imidazole rings is 1. The number of fused-ring (bicyclic) bond motifs is 1. The fraction of sp³-hybridized carbons (Fsp3) is 0.211. The summed E-state index contributed by atoms with van der Waals surface area (Å²) >= 11 is 0. The predicted octanol–water partition coefficient (Wildman–Crippen LogP) is 3.21. The van der Waals surface area contributed by atoms with Gasteiger partial charge in [-0.1, -0.05) is 17.3 Å². The Bertz CT molecular complexity index is 1070. The highest BCUT2D eigenvalue weighted by Gasteiger charge is 2.15. The van der Waals surface area contributed by atoms with Crippen LogP contribution in [0.2, 0.25) is 0 Å². The molecule has 7 nitrogen and oxygen atoms in total. The van der Waals surface area contributed by atoms with Gasteiger partial charge in [-0.25, -0.2) is 4.98 Å². The van der Waals surface area contributed by atoms with Crippen molar-refractivity contribution in [3.63, 3.8) is 0 Å². The van der Waals surface area contributed by atoms with E-state index in [-0.39, 0.29) is 11.6 Å². The molecule has 0 saturated heterocycles. The van der Waals surface area contributed by atoms with Crippen molar-refractivity contribution in [1.82, 2.24) is 20.0 Å². The van der Waals surface area contributed by atoms with Crippen LogP contribution in [0.15, 0.2) is 51.4 Å². The van der Waals surface area contributed by atoms with Crippen LogP contribution in [0.3, 0.4) is 0 Å². The number of nitrogens with one attached hydrogen (secondary N) is 1. The first-order valence-corrected chi connectivity index (χ1v) is 8.31. The van der Waals surface area contributed by atoms with Crippen molar-refractivity contribution in [2.24, 2.45) is 0 Å². The second-order valence-corrected chi connectivity index (χ2v) is 6.11. The van der Waals surface area contributed by atoms with Crippen LogP contribution in [0.4, 0.5) is 0 Å². The maximum atomic E-state index is 12.2. The maximum Gasteiger partial charge on any atom is 0.273 e. The standard InChI is InChI=1S/C19H18N4O3/c1-12-7-8-14(25-12)10-20-19(24)17-9-15(26-22-17)11-23-13(2)21-16-5-3-4-6-18(16)23/h3-9H,10-11H2,1-2H3,(H,20,24). The van der Waals surface area contributed by atoms with Gasteiger partial charge in [0.15, 0.2) is 11.5 Å². The number of benzene rings is 1. The van der Waals surface area contributed by atoms with Gasteiger partial charge in [0.2, 0.25) is 0 Å². The van der Waals surface area contributed by atoms with Gasteiger partial charge in [0, 0.05) is 6.07 Å². The van der Waals surface area contributed by atoms with Crippen LogP contribution < -0.4 is 5.32 Å². The van der Waals surface area contributed by atoms with Crippen LogP contribution in [0.1, 0.15) is 33.6 Å². The van der Waals surface area contributed by atoms with Gasteiger partial charge in [-0.2, -0.15) is 0 Å². The van der Waals surface area contributed by atoms with Crippen LogP contribution in [0.5, 0.6) is 0 Å². The van der Waals surface area contributed by atoms with Crippen LogP contribution in [-0.2, 0) is 13.1 Å². The lowest BCUT2D eigenvalue weighted by Crippen LogP contribution is -2.22. The molecular weight excluding hydrogens is 332 g/mol. The zero-order valence-electron chi connectivity index (χ0n) is 14.5. The van der Waals surface area contributed by atoms with Crippen LogP contribution in [0.25, 0.3) is 11.0 Å². The van der Waals surface area contributed by atoms with E-state index < -0.39 is 0 Å². The summed E-state index contributed by atoms with van der Waals surface area (Å²) in [5.74, 6) is 2.67. The van der Waals surface area contributed by atoms with Crippen LogP contribution >= 0.6 is 0 Å². The summed E-state index contributed by atoms with van der Waals surface area (Å²) in [5, 5.41) is 6.64. The molecule has 132 valence electrons. The van der Waals surface area contributed by atoms with Crippen molar-refractivity contribution in [1.29, 1.82) is 0 Å². The number of aromatic nitrogens is 3. The fourth-order valence-corrected chi connectivity index (χ4v) is 2.88. The van der Waals surface area contributed by atoms with E-state index in [2.05, 4.69) is 15.5 Å². The molecule has 0 fully saturated rings. The smallest absolute Gasteiger partial charge is 0.273 e. The summed E-state index contributed by atoms with van der Waals surface area (Å²) in [5.41, 5.74) is 2.18. The number of carbonyl (C=O) groups excluding carboxylic acids is 1. The molecule has 0 aliphatic heterocycles. The molecule has 0 radical (unpaired) electrons. The van der Waals surface area contributed by atoms with Crippen molar-refractivity contribution in [2.75, 3.05) is 0 Å². The predicted molar refractivity (Wildman–Crippen MR) is 94.7 cm³/mol. The zero-order valence-corrected chi connectivity index (χ0v) is 14.5. The highest BCUT2D eigenvalue weighted by molar-refractivity contribution is 5.92. The molecule has 0 spiro atoms. The molecule has 1 N–H and O–H groups in total. The zero-order chi connectivity index (χ0) is 18.1. The number of aryl methyl sites for hydroxylation is 2. The number of rotatable bonds is 5. The molecule has 3 aromatic heterocycles. The van der Waals surface area contributed by atoms with Gasteiger partial charge in [0.05, 0.1) is 24.1 Å². The van der Waals surface area contributed by atoms with Gasteiger partial charge in [0.1, 0.15) is 17.3 Å². The van der Waals surface area contributed by atoms with Gasteiger partial charge in [-0.05, 0) is 38.1 Å². The summed E-state index contributed by atoms with van der Waals surface area (Å²) in [7, 11) is 0. The van der Waals surface area contributed by atoms with E-state index >= 15 is 0 Å². The number of carbonyl (C=O) groups is 1. The third-order valence-electron chi connectivity index (χ3n) is 4.17. The molecular formula is C19H18N4O3. The van der Waals surface area contributed by atoms with E-state index in [4.69, 9.17) is 8.94 Å². The first kappa shape index (κ1) is 16.1. The Hall–Kier alpha value is -3.35. The number of amides is 1. The molecule has 3 heterocycles. The molecule has 26 heavy (non-hydrogen) atoms. The second kappa shape index (κ2) is 6.51. The molecule has 0 unspecified atom stereocenters. The molecule has 4 rings (SSSR count). The Labute approximate surface area is 149 Å². The third-order valence-corrected chi connectivity index (χ3v) is 4.17. The Kier molecular flexibility index (Phi) is 4.04. The average Bonchev–Trinajstić information content (AvgIpc) is 3.33. The minimum absolute atomic E-state index is 0.241. The number of para-hydroxylation sites is 2. The van der Waals surface area contributed by atoms with E-state index in [1.807, 2.05) is 54.8 Å². The fourth-order valence-electron chi connectivity index (χ4n) is 2.88. The quantitative estimate of drug-likeness (QED) is 0.597. The van der Waals surface area contributed by atoms with Gasteiger partial charge in [0.25, 0.3) is 5.91 Å². The number of nitrogens with zero attached hydrogens (tertiary/aromatic N) is 3. The molecule has 0 bridgehead atoms. The van der Waals surface area contributed by atoms with E-state index in [9.17, 15) is 4.79 Å². The Balaban J connectivity index is 1.47.